The lowest BCUT2D eigenvalue weighted by molar-refractivity contribution is 0.204. The monoisotopic (exact) mass is 591 g/mol. The third-order valence-corrected chi connectivity index (χ3v) is 8.71. The summed E-state index contributed by atoms with van der Waals surface area (Å²) in [6, 6.07) is 28.6. The van der Waals surface area contributed by atoms with Crippen molar-refractivity contribution in [2.24, 2.45) is 0 Å². The smallest absolute Gasteiger partial charge is 0.236 e. The van der Waals surface area contributed by atoms with Crippen LogP contribution in [0.1, 0.15) is 24.2 Å². The number of hydrogen-bond donors (Lipinski definition) is 1. The van der Waals surface area contributed by atoms with E-state index in [1.54, 1.807) is 6.20 Å². The van der Waals surface area contributed by atoms with E-state index in [0.29, 0.717) is 17.6 Å². The Morgan fingerprint density at radius 2 is 1.69 bits per heavy atom. The predicted molar refractivity (Wildman–Crippen MR) is 171 cm³/mol. The number of fused-ring (bicyclic) bond motifs is 1. The second kappa shape index (κ2) is 10.8. The van der Waals surface area contributed by atoms with Crippen LogP contribution >= 0.6 is 0 Å². The number of nitrogens with two attached hydrogens (primary N) is 1. The Labute approximate surface area is 259 Å². The van der Waals surface area contributed by atoms with Gasteiger partial charge in [0.25, 0.3) is 0 Å². The largest absolute Gasteiger partial charge is 0.383 e. The molecule has 2 aliphatic rings. The number of rotatable bonds is 6. The molecule has 1 saturated carbocycles. The van der Waals surface area contributed by atoms with E-state index in [1.165, 1.54) is 11.9 Å². The summed E-state index contributed by atoms with van der Waals surface area (Å²) in [7, 11) is 0. The van der Waals surface area contributed by atoms with Gasteiger partial charge >= 0.3 is 0 Å². The molecule has 8 rings (SSSR count). The third kappa shape index (κ3) is 4.91. The van der Waals surface area contributed by atoms with Gasteiger partial charge in [-0.05, 0) is 54.8 Å². The molecule has 1 aliphatic heterocycles. The average Bonchev–Trinajstić information content (AvgIpc) is 3.74. The van der Waals surface area contributed by atoms with Crippen molar-refractivity contribution < 1.29 is 0 Å². The first-order chi connectivity index (χ1) is 22.1. The highest BCUT2D eigenvalue weighted by Gasteiger charge is 2.52. The average molecular weight is 592 g/mol. The van der Waals surface area contributed by atoms with Crippen molar-refractivity contribution in [3.63, 3.8) is 0 Å². The van der Waals surface area contributed by atoms with Gasteiger partial charge in [0.05, 0.1) is 16.8 Å². The van der Waals surface area contributed by atoms with E-state index in [0.717, 1.165) is 72.7 Å². The summed E-state index contributed by atoms with van der Waals surface area (Å²) in [6.07, 6.45) is 5.29. The molecule has 1 saturated heterocycles. The molecule has 2 fully saturated rings. The predicted octanol–water partition coefficient (Wildman–Crippen LogP) is 4.64. The van der Waals surface area contributed by atoms with Gasteiger partial charge in [0, 0.05) is 43.6 Å². The molecule has 2 aromatic carbocycles. The van der Waals surface area contributed by atoms with E-state index < -0.39 is 0 Å². The second-order valence-electron chi connectivity index (χ2n) is 11.6. The molecule has 1 aliphatic carbocycles. The van der Waals surface area contributed by atoms with Crippen molar-refractivity contribution in [3.8, 4) is 34.4 Å². The van der Waals surface area contributed by atoms with Crippen molar-refractivity contribution >= 4 is 22.9 Å². The van der Waals surface area contributed by atoms with Gasteiger partial charge in [-0.15, -0.1) is 0 Å². The van der Waals surface area contributed by atoms with E-state index in [2.05, 4.69) is 70.7 Å². The number of aromatic nitrogens is 7. The minimum Gasteiger partial charge on any atom is -0.383 e. The molecular formula is C34H29N11. The summed E-state index contributed by atoms with van der Waals surface area (Å²) in [5.74, 6) is 1.88. The van der Waals surface area contributed by atoms with Crippen LogP contribution in [0.2, 0.25) is 0 Å². The van der Waals surface area contributed by atoms with Crippen LogP contribution in [0.3, 0.4) is 0 Å². The molecule has 11 nitrogen and oxygen atoms in total. The highest BCUT2D eigenvalue weighted by atomic mass is 15.4. The van der Waals surface area contributed by atoms with Gasteiger partial charge in [0.1, 0.15) is 23.7 Å². The highest BCUT2D eigenvalue weighted by molar-refractivity contribution is 5.84. The van der Waals surface area contributed by atoms with Gasteiger partial charge in [-0.1, -0.05) is 42.5 Å². The summed E-state index contributed by atoms with van der Waals surface area (Å²) in [6.45, 7) is 3.43. The maximum absolute atomic E-state index is 9.24. The number of nitrogen functional groups attached to an aromatic ring is 1. The molecule has 2 N–H and O–H groups in total. The molecule has 6 aromatic rings. The summed E-state index contributed by atoms with van der Waals surface area (Å²) in [5, 5.41) is 9.24. The van der Waals surface area contributed by atoms with Gasteiger partial charge in [-0.3, -0.25) is 9.47 Å². The zero-order chi connectivity index (χ0) is 30.4. The number of pyridine rings is 2. The number of nitrogens with zero attached hydrogens (tertiary/aromatic N) is 10. The van der Waals surface area contributed by atoms with Gasteiger partial charge in [0.2, 0.25) is 11.8 Å². The summed E-state index contributed by atoms with van der Waals surface area (Å²) in [4.78, 5) is 31.8. The molecule has 5 heterocycles. The van der Waals surface area contributed by atoms with E-state index >= 15 is 0 Å². The first-order valence-corrected chi connectivity index (χ1v) is 14.9. The normalized spacial score (nSPS) is 15.8. The van der Waals surface area contributed by atoms with Crippen LogP contribution in [0.5, 0.6) is 0 Å². The number of nitriles is 1. The Hall–Kier alpha value is -5.73. The van der Waals surface area contributed by atoms with Gasteiger partial charge in [-0.25, -0.2) is 24.9 Å². The molecule has 0 bridgehead atoms. The van der Waals surface area contributed by atoms with Crippen LogP contribution in [0.4, 0.5) is 11.8 Å². The van der Waals surface area contributed by atoms with Crippen LogP contribution in [0, 0.1) is 11.3 Å². The van der Waals surface area contributed by atoms with Crippen LogP contribution in [-0.2, 0) is 6.54 Å². The van der Waals surface area contributed by atoms with Crippen molar-refractivity contribution in [2.75, 3.05) is 30.3 Å². The van der Waals surface area contributed by atoms with Crippen LogP contribution in [0.25, 0.3) is 39.5 Å². The zero-order valence-electron chi connectivity index (χ0n) is 24.5. The molecule has 11 heteroatoms. The molecule has 0 amide bonds. The molecule has 0 radical (unpaired) electrons. The Morgan fingerprint density at radius 3 is 2.47 bits per heavy atom. The number of anilines is 2. The van der Waals surface area contributed by atoms with Crippen molar-refractivity contribution in [3.05, 3.63) is 103 Å². The maximum atomic E-state index is 9.24. The molecule has 0 unspecified atom stereocenters. The fourth-order valence-electron chi connectivity index (χ4n) is 6.32. The second-order valence-corrected chi connectivity index (χ2v) is 11.6. The minimum atomic E-state index is 0.0165. The molecule has 0 atom stereocenters. The first kappa shape index (κ1) is 26.9. The fourth-order valence-corrected chi connectivity index (χ4v) is 6.32. The minimum absolute atomic E-state index is 0.0165. The van der Waals surface area contributed by atoms with E-state index in [1.807, 2.05) is 48.5 Å². The van der Waals surface area contributed by atoms with Crippen molar-refractivity contribution in [1.29, 1.82) is 5.26 Å². The lowest BCUT2D eigenvalue weighted by Gasteiger charge is -2.42. The first-order valence-electron chi connectivity index (χ1n) is 14.9. The summed E-state index contributed by atoms with van der Waals surface area (Å²) >= 11 is 0. The Morgan fingerprint density at radius 1 is 0.844 bits per heavy atom. The van der Waals surface area contributed by atoms with Gasteiger partial charge in [0.15, 0.2) is 11.5 Å². The van der Waals surface area contributed by atoms with E-state index in [4.69, 9.17) is 15.7 Å². The molecule has 45 heavy (non-hydrogen) atoms. The quantitative estimate of drug-likeness (QED) is 0.291. The number of hydrogen-bond acceptors (Lipinski definition) is 10. The number of benzene rings is 2. The zero-order valence-corrected chi connectivity index (χ0v) is 24.5. The molecule has 4 aromatic heterocycles. The third-order valence-electron chi connectivity index (χ3n) is 8.71. The molecular weight excluding hydrogens is 562 g/mol. The lowest BCUT2D eigenvalue weighted by Crippen LogP contribution is -2.55. The van der Waals surface area contributed by atoms with Crippen molar-refractivity contribution in [1.82, 2.24) is 39.4 Å². The standard InChI is InChI=1S/C34H29N11/c35-19-29-38-22-39-33(42-29)44-18-17-43(21-34(44)14-15-34)20-23-8-10-25(11-9-23)45-31(26-7-4-16-37-30(26)36)41-28-13-12-27(40-32(28)45)24-5-2-1-3-6-24/h1-13,16,22H,14-15,17-18,20-21H2,(H2,36,37). The van der Waals surface area contributed by atoms with Crippen LogP contribution in [0.15, 0.2) is 91.4 Å². The van der Waals surface area contributed by atoms with Crippen LogP contribution in [-0.4, -0.2) is 64.5 Å². The molecule has 1 spiro atoms. The van der Waals surface area contributed by atoms with E-state index in [9.17, 15) is 5.26 Å². The van der Waals surface area contributed by atoms with Crippen molar-refractivity contribution in [2.45, 2.75) is 24.9 Å². The molecule has 220 valence electrons. The summed E-state index contributed by atoms with van der Waals surface area (Å²) in [5.41, 5.74) is 12.7. The Kier molecular flexibility index (Phi) is 6.43. The van der Waals surface area contributed by atoms with E-state index in [-0.39, 0.29) is 11.4 Å². The number of imidazole rings is 1. The van der Waals surface area contributed by atoms with Gasteiger partial charge in [-0.2, -0.15) is 10.2 Å². The van der Waals surface area contributed by atoms with Gasteiger partial charge < -0.3 is 10.6 Å². The SMILES string of the molecule is N#Cc1ncnc(N2CCN(Cc3ccc(-n4c(-c5cccnc5N)nc5ccc(-c6ccccc6)nc54)cc3)CC23CC3)n1. The lowest BCUT2D eigenvalue weighted by atomic mass is 10.1. The Balaban J connectivity index is 1.09. The maximum Gasteiger partial charge on any atom is 0.236 e. The highest BCUT2D eigenvalue weighted by Crippen LogP contribution is 2.45. The van der Waals surface area contributed by atoms with Crippen LogP contribution < -0.4 is 10.6 Å². The summed E-state index contributed by atoms with van der Waals surface area (Å²) < 4.78 is 2.07. The topological polar surface area (TPSA) is 139 Å². The fraction of sp³-hybridized carbons (Fsp3) is 0.206. The number of piperazine rings is 1. The Bertz CT molecular complexity index is 2060.